The Hall–Kier alpha value is -2.33. The predicted octanol–water partition coefficient (Wildman–Crippen LogP) is 4.66. The highest BCUT2D eigenvalue weighted by molar-refractivity contribution is 6.86. The Bertz CT molecular complexity index is 774. The Morgan fingerprint density at radius 3 is 1.72 bits per heavy atom. The van der Waals surface area contributed by atoms with E-state index in [0.717, 1.165) is 11.6 Å². The largest absolute Gasteiger partial charge is 0.416 e. The minimum atomic E-state index is -4.32. The van der Waals surface area contributed by atoms with Crippen LogP contribution in [0.1, 0.15) is 23.6 Å². The summed E-state index contributed by atoms with van der Waals surface area (Å²) in [6, 6.07) is 25.9. The summed E-state index contributed by atoms with van der Waals surface area (Å²) in [5.74, 6) is 0. The van der Waals surface area contributed by atoms with E-state index in [4.69, 9.17) is 0 Å². The zero-order valence-corrected chi connectivity index (χ0v) is 14.8. The van der Waals surface area contributed by atoms with Gasteiger partial charge in [-0.3, -0.25) is 0 Å². The molecule has 3 aromatic carbocycles. The number of halogens is 3. The Kier molecular flexibility index (Phi) is 5.09. The van der Waals surface area contributed by atoms with Crippen molar-refractivity contribution in [3.8, 4) is 0 Å². The van der Waals surface area contributed by atoms with E-state index in [-0.39, 0.29) is 5.54 Å². The molecular weight excluding hydrogens is 337 g/mol. The molecule has 0 bridgehead atoms. The van der Waals surface area contributed by atoms with Gasteiger partial charge in [-0.2, -0.15) is 13.2 Å². The van der Waals surface area contributed by atoms with Crippen LogP contribution in [0.2, 0.25) is 0 Å². The van der Waals surface area contributed by atoms with Crippen LogP contribution in [0.3, 0.4) is 0 Å². The number of hydrogen-bond donors (Lipinski definition) is 0. The third kappa shape index (κ3) is 4.02. The molecule has 25 heavy (non-hydrogen) atoms. The van der Waals surface area contributed by atoms with E-state index in [1.54, 1.807) is 6.07 Å². The molecule has 0 heterocycles. The summed E-state index contributed by atoms with van der Waals surface area (Å²) in [4.78, 5) is 0. The lowest BCUT2D eigenvalue weighted by molar-refractivity contribution is -0.137. The molecule has 0 saturated carbocycles. The van der Waals surface area contributed by atoms with Crippen LogP contribution in [0.4, 0.5) is 13.2 Å². The van der Waals surface area contributed by atoms with E-state index < -0.39 is 20.5 Å². The van der Waals surface area contributed by atoms with Gasteiger partial charge in [-0.1, -0.05) is 96.2 Å². The minimum Gasteiger partial charge on any atom is -0.166 e. The molecule has 127 valence electrons. The van der Waals surface area contributed by atoms with Crippen molar-refractivity contribution in [2.45, 2.75) is 18.6 Å². The highest BCUT2D eigenvalue weighted by Gasteiger charge is 2.32. The fourth-order valence-electron chi connectivity index (χ4n) is 3.05. The molecule has 1 radical (unpaired) electrons. The zero-order chi connectivity index (χ0) is 17.9. The molecule has 1 atom stereocenters. The van der Waals surface area contributed by atoms with Gasteiger partial charge in [-0.15, -0.1) is 0 Å². The molecule has 4 heteroatoms. The molecule has 0 N–H and O–H groups in total. The highest BCUT2D eigenvalue weighted by atomic mass is 28.3. The second-order valence-electron chi connectivity index (χ2n) is 5.99. The van der Waals surface area contributed by atoms with E-state index >= 15 is 0 Å². The normalized spacial score (nSPS) is 13.0. The molecule has 0 saturated heterocycles. The van der Waals surface area contributed by atoms with Gasteiger partial charge in [-0.05, 0) is 17.2 Å². The van der Waals surface area contributed by atoms with Crippen molar-refractivity contribution < 1.29 is 13.2 Å². The summed E-state index contributed by atoms with van der Waals surface area (Å²) in [5.41, 5.74) is 0.160. The Morgan fingerprint density at radius 2 is 1.24 bits per heavy atom. The van der Waals surface area contributed by atoms with Crippen LogP contribution in [0.5, 0.6) is 0 Å². The highest BCUT2D eigenvalue weighted by Crippen LogP contribution is 2.31. The maximum absolute atomic E-state index is 13.1. The Labute approximate surface area is 147 Å². The summed E-state index contributed by atoms with van der Waals surface area (Å²) in [6.07, 6.45) is -4.32. The minimum absolute atomic E-state index is 0.0112. The van der Waals surface area contributed by atoms with Gasteiger partial charge in [0, 0.05) is 0 Å². The number of alkyl halides is 3. The summed E-state index contributed by atoms with van der Waals surface area (Å²) in [6.45, 7) is 2.03. The van der Waals surface area contributed by atoms with Gasteiger partial charge < -0.3 is 0 Å². The first-order valence-electron chi connectivity index (χ1n) is 8.11. The van der Waals surface area contributed by atoms with Crippen LogP contribution in [0.15, 0.2) is 84.9 Å². The summed E-state index contributed by atoms with van der Waals surface area (Å²) in [5, 5.41) is 2.40. The maximum Gasteiger partial charge on any atom is 0.416 e. The fraction of sp³-hybridized carbons (Fsp3) is 0.143. The van der Waals surface area contributed by atoms with E-state index in [2.05, 4.69) is 24.3 Å². The molecule has 3 aromatic rings. The first-order valence-corrected chi connectivity index (χ1v) is 9.69. The Morgan fingerprint density at radius 1 is 0.720 bits per heavy atom. The quantitative estimate of drug-likeness (QED) is 0.597. The molecule has 3 rings (SSSR count). The zero-order valence-electron chi connectivity index (χ0n) is 13.8. The lowest BCUT2D eigenvalue weighted by atomic mass is 10.1. The van der Waals surface area contributed by atoms with Gasteiger partial charge >= 0.3 is 6.18 Å². The molecule has 0 aliphatic heterocycles. The lowest BCUT2D eigenvalue weighted by Gasteiger charge is -2.24. The van der Waals surface area contributed by atoms with Crippen molar-refractivity contribution in [2.75, 3.05) is 0 Å². The molecule has 0 nitrogen and oxygen atoms in total. The molecule has 0 unspecified atom stereocenters. The second-order valence-corrected chi connectivity index (χ2v) is 8.84. The summed E-state index contributed by atoms with van der Waals surface area (Å²) in [7, 11) is -1.26. The number of benzene rings is 3. The molecular formula is C21H18F3Si. The molecule has 0 fully saturated rings. The number of hydrogen-bond acceptors (Lipinski definition) is 0. The first kappa shape index (κ1) is 17.5. The SMILES string of the molecule is C[C@@H](c1cccc(C(F)(F)F)c1)[Si](c1ccccc1)c1ccccc1. The van der Waals surface area contributed by atoms with Crippen LogP contribution < -0.4 is 10.4 Å². The summed E-state index contributed by atoms with van der Waals surface area (Å²) >= 11 is 0. The van der Waals surface area contributed by atoms with E-state index in [1.807, 2.05) is 43.3 Å². The van der Waals surface area contributed by atoms with Gasteiger partial charge in [-0.25, -0.2) is 0 Å². The van der Waals surface area contributed by atoms with Crippen LogP contribution in [0, 0.1) is 0 Å². The second kappa shape index (κ2) is 7.27. The maximum atomic E-state index is 13.1. The van der Waals surface area contributed by atoms with E-state index in [0.29, 0.717) is 0 Å². The first-order chi connectivity index (χ1) is 12.0. The van der Waals surface area contributed by atoms with Crippen LogP contribution in [0.25, 0.3) is 0 Å². The third-order valence-corrected chi connectivity index (χ3v) is 7.43. The number of rotatable bonds is 4. The third-order valence-electron chi connectivity index (χ3n) is 4.32. The predicted molar refractivity (Wildman–Crippen MR) is 97.8 cm³/mol. The average Bonchev–Trinajstić information content (AvgIpc) is 2.63. The van der Waals surface area contributed by atoms with Gasteiger partial charge in [0.1, 0.15) is 8.80 Å². The van der Waals surface area contributed by atoms with Gasteiger partial charge in [0.2, 0.25) is 0 Å². The molecule has 0 spiro atoms. The van der Waals surface area contributed by atoms with Crippen LogP contribution in [-0.4, -0.2) is 8.80 Å². The monoisotopic (exact) mass is 355 g/mol. The summed E-state index contributed by atoms with van der Waals surface area (Å²) < 4.78 is 39.3. The fourth-order valence-corrected chi connectivity index (χ4v) is 6.00. The molecule has 0 aliphatic carbocycles. The van der Waals surface area contributed by atoms with Crippen molar-refractivity contribution in [1.82, 2.24) is 0 Å². The smallest absolute Gasteiger partial charge is 0.166 e. The van der Waals surface area contributed by atoms with Crippen molar-refractivity contribution in [3.05, 3.63) is 96.1 Å². The van der Waals surface area contributed by atoms with Gasteiger partial charge in [0.25, 0.3) is 0 Å². The van der Waals surface area contributed by atoms with E-state index in [9.17, 15) is 13.2 Å². The standard InChI is InChI=1S/C21H18F3Si/c1-16(17-9-8-10-18(15-17)21(22,23)24)25(19-11-4-2-5-12-19)20-13-6-3-7-14-20/h2-16H,1H3/t16-/m0/s1. The lowest BCUT2D eigenvalue weighted by Crippen LogP contribution is -2.46. The Balaban J connectivity index is 2.05. The van der Waals surface area contributed by atoms with Crippen LogP contribution >= 0.6 is 0 Å². The van der Waals surface area contributed by atoms with Gasteiger partial charge in [0.15, 0.2) is 0 Å². The molecule has 0 aliphatic rings. The van der Waals surface area contributed by atoms with Gasteiger partial charge in [0.05, 0.1) is 5.56 Å². The molecule has 0 aromatic heterocycles. The average molecular weight is 355 g/mol. The van der Waals surface area contributed by atoms with E-state index in [1.165, 1.54) is 22.5 Å². The topological polar surface area (TPSA) is 0 Å². The van der Waals surface area contributed by atoms with Crippen LogP contribution in [-0.2, 0) is 6.18 Å². The van der Waals surface area contributed by atoms with Crippen molar-refractivity contribution >= 4 is 19.2 Å². The molecule has 0 amide bonds. The van der Waals surface area contributed by atoms with Crippen molar-refractivity contribution in [2.24, 2.45) is 0 Å². The van der Waals surface area contributed by atoms with Crippen molar-refractivity contribution in [3.63, 3.8) is 0 Å². The van der Waals surface area contributed by atoms with Crippen molar-refractivity contribution in [1.29, 1.82) is 0 Å².